The molecule has 0 bridgehead atoms. The Bertz CT molecular complexity index is 265. The van der Waals surface area contributed by atoms with E-state index < -0.39 is 7.82 Å². The van der Waals surface area contributed by atoms with Crippen LogP contribution in [0.2, 0.25) is 0 Å². The van der Waals surface area contributed by atoms with Crippen molar-refractivity contribution >= 4 is 7.82 Å². The third-order valence-corrected chi connectivity index (χ3v) is 2.65. The standard InChI is InChI=1S/C8H15O4P/c1-3-4-7-6(2)5-8(7)12-13(9,10)11/h6H,3-5H2,1-2H3,(H2,9,10,11). The highest BCUT2D eigenvalue weighted by Gasteiger charge is 2.31. The Hall–Kier alpha value is -0.310. The van der Waals surface area contributed by atoms with E-state index in [4.69, 9.17) is 9.79 Å². The average Bonchev–Trinajstić information content (AvgIpc) is 1.97. The topological polar surface area (TPSA) is 66.8 Å². The van der Waals surface area contributed by atoms with Gasteiger partial charge in [-0.1, -0.05) is 20.3 Å². The lowest BCUT2D eigenvalue weighted by atomic mass is 9.82. The van der Waals surface area contributed by atoms with Crippen LogP contribution in [0, 0.1) is 5.92 Å². The summed E-state index contributed by atoms with van der Waals surface area (Å²) in [5, 5.41) is 0. The molecule has 1 rings (SSSR count). The first-order valence-electron chi connectivity index (χ1n) is 4.41. The molecule has 1 unspecified atom stereocenters. The second-order valence-corrected chi connectivity index (χ2v) is 4.55. The molecule has 0 aromatic carbocycles. The summed E-state index contributed by atoms with van der Waals surface area (Å²) in [5.41, 5.74) is 1.06. The van der Waals surface area contributed by atoms with Gasteiger partial charge in [0.25, 0.3) is 0 Å². The fourth-order valence-electron chi connectivity index (χ4n) is 1.57. The maximum absolute atomic E-state index is 10.5. The number of allylic oxidation sites excluding steroid dienone is 2. The van der Waals surface area contributed by atoms with E-state index in [1.807, 2.05) is 13.8 Å². The minimum Gasteiger partial charge on any atom is -0.409 e. The van der Waals surface area contributed by atoms with Crippen LogP contribution in [0.4, 0.5) is 0 Å². The third kappa shape index (κ3) is 2.83. The number of hydrogen-bond donors (Lipinski definition) is 2. The van der Waals surface area contributed by atoms with Crippen molar-refractivity contribution in [3.63, 3.8) is 0 Å². The number of rotatable bonds is 4. The molecule has 1 aliphatic rings. The minimum absolute atomic E-state index is 0.418. The molecule has 0 aromatic rings. The Kier molecular flexibility index (Phi) is 3.17. The van der Waals surface area contributed by atoms with Crippen LogP contribution in [0.5, 0.6) is 0 Å². The Balaban J connectivity index is 2.64. The molecule has 5 heteroatoms. The zero-order valence-corrected chi connectivity index (χ0v) is 8.75. The highest BCUT2D eigenvalue weighted by atomic mass is 31.2. The molecule has 4 nitrogen and oxygen atoms in total. The van der Waals surface area contributed by atoms with E-state index in [1.165, 1.54) is 0 Å². The molecular formula is C8H15O4P. The van der Waals surface area contributed by atoms with Gasteiger partial charge in [0.1, 0.15) is 5.76 Å². The van der Waals surface area contributed by atoms with Crippen LogP contribution in [0.25, 0.3) is 0 Å². The number of phosphoric acid groups is 1. The summed E-state index contributed by atoms with van der Waals surface area (Å²) in [6, 6.07) is 0. The van der Waals surface area contributed by atoms with Gasteiger partial charge in [0, 0.05) is 6.42 Å². The molecule has 0 amide bonds. The van der Waals surface area contributed by atoms with Crippen molar-refractivity contribution in [2.75, 3.05) is 0 Å². The average molecular weight is 206 g/mol. The van der Waals surface area contributed by atoms with Gasteiger partial charge in [-0.05, 0) is 17.9 Å². The van der Waals surface area contributed by atoms with Crippen molar-refractivity contribution in [3.8, 4) is 0 Å². The van der Waals surface area contributed by atoms with E-state index in [-0.39, 0.29) is 0 Å². The summed E-state index contributed by atoms with van der Waals surface area (Å²) in [6.45, 7) is 4.07. The van der Waals surface area contributed by atoms with Crippen LogP contribution in [-0.4, -0.2) is 9.79 Å². The van der Waals surface area contributed by atoms with E-state index in [0.29, 0.717) is 18.1 Å². The van der Waals surface area contributed by atoms with Gasteiger partial charge in [-0.25, -0.2) is 4.57 Å². The lowest BCUT2D eigenvalue weighted by Crippen LogP contribution is -2.17. The molecule has 0 radical (unpaired) electrons. The lowest BCUT2D eigenvalue weighted by molar-refractivity contribution is 0.213. The Labute approximate surface area is 77.9 Å². The number of phosphoric ester groups is 1. The summed E-state index contributed by atoms with van der Waals surface area (Å²) >= 11 is 0. The van der Waals surface area contributed by atoms with Crippen LogP contribution < -0.4 is 0 Å². The van der Waals surface area contributed by atoms with E-state index in [0.717, 1.165) is 18.4 Å². The summed E-state index contributed by atoms with van der Waals surface area (Å²) in [6.07, 6.45) is 2.50. The molecule has 1 atom stereocenters. The van der Waals surface area contributed by atoms with Gasteiger partial charge in [0.2, 0.25) is 0 Å². The normalized spacial score (nSPS) is 22.9. The molecule has 0 saturated carbocycles. The van der Waals surface area contributed by atoms with Gasteiger partial charge in [-0.15, -0.1) is 0 Å². The lowest BCUT2D eigenvalue weighted by Gasteiger charge is -2.30. The van der Waals surface area contributed by atoms with Crippen LogP contribution in [-0.2, 0) is 9.09 Å². The molecule has 0 aromatic heterocycles. The molecular weight excluding hydrogens is 191 g/mol. The van der Waals surface area contributed by atoms with E-state index >= 15 is 0 Å². The maximum Gasteiger partial charge on any atom is 0.524 e. The maximum atomic E-state index is 10.5. The third-order valence-electron chi connectivity index (χ3n) is 2.19. The Morgan fingerprint density at radius 3 is 2.62 bits per heavy atom. The molecule has 0 heterocycles. The van der Waals surface area contributed by atoms with E-state index in [1.54, 1.807) is 0 Å². The van der Waals surface area contributed by atoms with Gasteiger partial charge in [0.05, 0.1) is 0 Å². The van der Waals surface area contributed by atoms with Crippen molar-refractivity contribution in [1.82, 2.24) is 0 Å². The molecule has 76 valence electrons. The molecule has 0 fully saturated rings. The van der Waals surface area contributed by atoms with E-state index in [9.17, 15) is 4.57 Å². The highest BCUT2D eigenvalue weighted by molar-refractivity contribution is 7.46. The quantitative estimate of drug-likeness (QED) is 0.692. The second-order valence-electron chi connectivity index (χ2n) is 3.39. The van der Waals surface area contributed by atoms with Crippen LogP contribution in [0.1, 0.15) is 33.1 Å². The fraction of sp³-hybridized carbons (Fsp3) is 0.750. The van der Waals surface area contributed by atoms with Gasteiger partial charge >= 0.3 is 7.82 Å². The first-order valence-corrected chi connectivity index (χ1v) is 5.94. The predicted octanol–water partition coefficient (Wildman–Crippen LogP) is 2.19. The number of hydrogen-bond acceptors (Lipinski definition) is 2. The fourth-order valence-corrected chi connectivity index (χ4v) is 2.05. The van der Waals surface area contributed by atoms with Crippen molar-refractivity contribution in [2.24, 2.45) is 5.92 Å². The minimum atomic E-state index is -4.33. The van der Waals surface area contributed by atoms with Crippen molar-refractivity contribution < 1.29 is 18.9 Å². The monoisotopic (exact) mass is 206 g/mol. The summed E-state index contributed by atoms with van der Waals surface area (Å²) in [7, 11) is -4.33. The van der Waals surface area contributed by atoms with Crippen molar-refractivity contribution in [3.05, 3.63) is 11.3 Å². The molecule has 0 aliphatic heterocycles. The molecule has 13 heavy (non-hydrogen) atoms. The largest absolute Gasteiger partial charge is 0.524 e. The zero-order valence-electron chi connectivity index (χ0n) is 7.86. The van der Waals surface area contributed by atoms with E-state index in [2.05, 4.69) is 4.52 Å². The highest BCUT2D eigenvalue weighted by Crippen LogP contribution is 2.47. The van der Waals surface area contributed by atoms with Gasteiger partial charge < -0.3 is 4.52 Å². The van der Waals surface area contributed by atoms with Crippen LogP contribution in [0.15, 0.2) is 11.3 Å². The summed E-state index contributed by atoms with van der Waals surface area (Å²) in [5.74, 6) is 0.921. The smallest absolute Gasteiger partial charge is 0.409 e. The molecule has 0 spiro atoms. The molecule has 0 saturated heterocycles. The van der Waals surface area contributed by atoms with Gasteiger partial charge in [-0.2, -0.15) is 0 Å². The predicted molar refractivity (Wildman–Crippen MR) is 48.8 cm³/mol. The van der Waals surface area contributed by atoms with Crippen LogP contribution >= 0.6 is 7.82 Å². The van der Waals surface area contributed by atoms with Crippen molar-refractivity contribution in [2.45, 2.75) is 33.1 Å². The second kappa shape index (κ2) is 3.82. The first kappa shape index (κ1) is 10.8. The first-order chi connectivity index (χ1) is 5.94. The Morgan fingerprint density at radius 2 is 2.23 bits per heavy atom. The molecule has 2 N–H and O–H groups in total. The van der Waals surface area contributed by atoms with Gasteiger partial charge in [-0.3, -0.25) is 9.79 Å². The SMILES string of the molecule is CCCC1=C(OP(=O)(O)O)CC1C. The summed E-state index contributed by atoms with van der Waals surface area (Å²) < 4.78 is 15.1. The summed E-state index contributed by atoms with van der Waals surface area (Å²) in [4.78, 5) is 17.2. The van der Waals surface area contributed by atoms with Crippen molar-refractivity contribution in [1.29, 1.82) is 0 Å². The molecule has 1 aliphatic carbocycles. The van der Waals surface area contributed by atoms with Crippen LogP contribution in [0.3, 0.4) is 0 Å². The Morgan fingerprint density at radius 1 is 1.62 bits per heavy atom. The zero-order chi connectivity index (χ0) is 10.1. The van der Waals surface area contributed by atoms with Gasteiger partial charge in [0.15, 0.2) is 0 Å².